The van der Waals surface area contributed by atoms with Gasteiger partial charge in [-0.3, -0.25) is 4.79 Å². The van der Waals surface area contributed by atoms with Crippen LogP contribution in [0, 0.1) is 11.3 Å². The van der Waals surface area contributed by atoms with E-state index in [1.54, 1.807) is 0 Å². The van der Waals surface area contributed by atoms with Crippen LogP contribution in [-0.4, -0.2) is 5.78 Å². The Labute approximate surface area is 69.2 Å². The lowest BCUT2D eigenvalue weighted by Crippen LogP contribution is -2.40. The summed E-state index contributed by atoms with van der Waals surface area (Å²) in [5, 5.41) is 0. The molecule has 1 fully saturated rings. The van der Waals surface area contributed by atoms with Gasteiger partial charge in [-0.15, -0.1) is 0 Å². The number of Topliss-reactive ketones (excluding diaryl/α,β-unsaturated/α-hetero) is 1. The number of rotatable bonds is 3. The van der Waals surface area contributed by atoms with E-state index in [0.29, 0.717) is 5.78 Å². The summed E-state index contributed by atoms with van der Waals surface area (Å²) in [6, 6.07) is 0. The van der Waals surface area contributed by atoms with E-state index in [9.17, 15) is 4.79 Å². The van der Waals surface area contributed by atoms with Gasteiger partial charge in [0, 0.05) is 11.8 Å². The Morgan fingerprint density at radius 1 is 1.55 bits per heavy atom. The Balaban J connectivity index is 2.41. The third-order valence-corrected chi connectivity index (χ3v) is 2.75. The molecule has 0 N–H and O–H groups in total. The largest absolute Gasteiger partial charge is 0.299 e. The van der Waals surface area contributed by atoms with Crippen molar-refractivity contribution in [3.8, 4) is 0 Å². The van der Waals surface area contributed by atoms with E-state index >= 15 is 0 Å². The van der Waals surface area contributed by atoms with E-state index in [1.165, 1.54) is 0 Å². The second kappa shape index (κ2) is 2.96. The molecule has 0 atom stereocenters. The van der Waals surface area contributed by atoms with E-state index in [0.717, 1.165) is 31.6 Å². The van der Waals surface area contributed by atoms with E-state index in [4.69, 9.17) is 0 Å². The highest BCUT2D eigenvalue weighted by Crippen LogP contribution is 2.46. The molecule has 0 aromatic heterocycles. The topological polar surface area (TPSA) is 17.1 Å². The molecule has 0 amide bonds. The highest BCUT2D eigenvalue weighted by atomic mass is 16.1. The van der Waals surface area contributed by atoms with Gasteiger partial charge in [0.25, 0.3) is 0 Å². The molecule has 0 aliphatic heterocycles. The molecule has 1 rings (SSSR count). The van der Waals surface area contributed by atoms with E-state index in [1.807, 2.05) is 0 Å². The van der Waals surface area contributed by atoms with Gasteiger partial charge in [-0.2, -0.15) is 0 Å². The van der Waals surface area contributed by atoms with Gasteiger partial charge >= 0.3 is 0 Å². The van der Waals surface area contributed by atoms with Gasteiger partial charge in [-0.05, 0) is 25.2 Å². The van der Waals surface area contributed by atoms with Gasteiger partial charge in [-0.1, -0.05) is 20.8 Å². The molecule has 1 saturated carbocycles. The van der Waals surface area contributed by atoms with Crippen LogP contribution < -0.4 is 0 Å². The second-order valence-corrected chi connectivity index (χ2v) is 4.25. The first-order valence-corrected chi connectivity index (χ1v) is 4.62. The van der Waals surface area contributed by atoms with Crippen molar-refractivity contribution in [1.29, 1.82) is 0 Å². The minimum atomic E-state index is 0.0649. The molecule has 0 aromatic rings. The third kappa shape index (κ3) is 1.63. The summed E-state index contributed by atoms with van der Waals surface area (Å²) in [5.74, 6) is 1.26. The first-order chi connectivity index (χ1) is 5.08. The van der Waals surface area contributed by atoms with Gasteiger partial charge in [0.1, 0.15) is 5.78 Å². The zero-order chi connectivity index (χ0) is 8.48. The van der Waals surface area contributed by atoms with Crippen molar-refractivity contribution in [3.63, 3.8) is 0 Å². The molecule has 0 heterocycles. The smallest absolute Gasteiger partial charge is 0.138 e. The number of ketones is 1. The van der Waals surface area contributed by atoms with Gasteiger partial charge in [-0.25, -0.2) is 0 Å². The van der Waals surface area contributed by atoms with Crippen LogP contribution in [0.5, 0.6) is 0 Å². The van der Waals surface area contributed by atoms with Crippen molar-refractivity contribution in [2.75, 3.05) is 0 Å². The Bertz CT molecular complexity index is 154. The number of carbonyl (C=O) groups is 1. The summed E-state index contributed by atoms with van der Waals surface area (Å²) in [7, 11) is 0. The molecule has 1 aliphatic carbocycles. The fraction of sp³-hybridized carbons (Fsp3) is 0.900. The highest BCUT2D eigenvalue weighted by molar-refractivity contribution is 5.85. The second-order valence-electron chi connectivity index (χ2n) is 4.25. The maximum Gasteiger partial charge on any atom is 0.138 e. The quantitative estimate of drug-likeness (QED) is 0.611. The fourth-order valence-corrected chi connectivity index (χ4v) is 2.23. The van der Waals surface area contributed by atoms with E-state index < -0.39 is 0 Å². The normalized spacial score (nSPS) is 36.5. The van der Waals surface area contributed by atoms with Crippen LogP contribution in [0.3, 0.4) is 0 Å². The Hall–Kier alpha value is -0.330. The SMILES string of the molecule is CCCC(=O)C1(C)CC(C)C1. The van der Waals surface area contributed by atoms with Crippen molar-refractivity contribution in [2.24, 2.45) is 11.3 Å². The lowest BCUT2D eigenvalue weighted by atomic mass is 9.61. The average molecular weight is 154 g/mol. The molecule has 0 radical (unpaired) electrons. The Morgan fingerprint density at radius 3 is 2.45 bits per heavy atom. The summed E-state index contributed by atoms with van der Waals surface area (Å²) in [4.78, 5) is 11.5. The molecule has 1 heteroatoms. The highest BCUT2D eigenvalue weighted by Gasteiger charge is 2.42. The molecule has 64 valence electrons. The van der Waals surface area contributed by atoms with Crippen LogP contribution in [-0.2, 0) is 4.79 Å². The monoisotopic (exact) mass is 154 g/mol. The zero-order valence-corrected chi connectivity index (χ0v) is 7.81. The maximum atomic E-state index is 11.5. The molecule has 0 aromatic carbocycles. The van der Waals surface area contributed by atoms with Crippen molar-refractivity contribution in [1.82, 2.24) is 0 Å². The summed E-state index contributed by atoms with van der Waals surface area (Å²) in [5.41, 5.74) is 0.0649. The molecule has 1 aliphatic rings. The molecule has 0 bridgehead atoms. The van der Waals surface area contributed by atoms with Gasteiger partial charge < -0.3 is 0 Å². The first kappa shape index (κ1) is 8.76. The van der Waals surface area contributed by atoms with E-state index in [-0.39, 0.29) is 5.41 Å². The van der Waals surface area contributed by atoms with Crippen molar-refractivity contribution < 1.29 is 4.79 Å². The van der Waals surface area contributed by atoms with Crippen molar-refractivity contribution >= 4 is 5.78 Å². The summed E-state index contributed by atoms with van der Waals surface area (Å²) in [6.45, 7) is 6.41. The average Bonchev–Trinajstić information content (AvgIpc) is 1.85. The van der Waals surface area contributed by atoms with E-state index in [2.05, 4.69) is 20.8 Å². The summed E-state index contributed by atoms with van der Waals surface area (Å²) >= 11 is 0. The fourth-order valence-electron chi connectivity index (χ4n) is 2.23. The van der Waals surface area contributed by atoms with Crippen molar-refractivity contribution in [3.05, 3.63) is 0 Å². The third-order valence-electron chi connectivity index (χ3n) is 2.75. The number of hydrogen-bond acceptors (Lipinski definition) is 1. The predicted octanol–water partition coefficient (Wildman–Crippen LogP) is 2.79. The molecule has 1 nitrogen and oxygen atoms in total. The van der Waals surface area contributed by atoms with Crippen LogP contribution in [0.2, 0.25) is 0 Å². The number of hydrogen-bond donors (Lipinski definition) is 0. The van der Waals surface area contributed by atoms with Gasteiger partial charge in [0.2, 0.25) is 0 Å². The maximum absolute atomic E-state index is 11.5. The van der Waals surface area contributed by atoms with Crippen LogP contribution >= 0.6 is 0 Å². The molecular weight excluding hydrogens is 136 g/mol. The van der Waals surface area contributed by atoms with Crippen LogP contribution in [0.1, 0.15) is 46.5 Å². The van der Waals surface area contributed by atoms with Gasteiger partial charge in [0.15, 0.2) is 0 Å². The Kier molecular flexibility index (Phi) is 2.36. The molecular formula is C10H18O. The molecule has 0 unspecified atom stereocenters. The van der Waals surface area contributed by atoms with Crippen LogP contribution in [0.25, 0.3) is 0 Å². The first-order valence-electron chi connectivity index (χ1n) is 4.62. The molecule has 0 spiro atoms. The zero-order valence-electron chi connectivity index (χ0n) is 7.81. The predicted molar refractivity (Wildman–Crippen MR) is 46.4 cm³/mol. The molecule has 0 saturated heterocycles. The van der Waals surface area contributed by atoms with Crippen LogP contribution in [0.4, 0.5) is 0 Å². The minimum absolute atomic E-state index is 0.0649. The lowest BCUT2D eigenvalue weighted by Gasteiger charge is -2.42. The summed E-state index contributed by atoms with van der Waals surface area (Å²) in [6.07, 6.45) is 4.02. The van der Waals surface area contributed by atoms with Gasteiger partial charge in [0.05, 0.1) is 0 Å². The summed E-state index contributed by atoms with van der Waals surface area (Å²) < 4.78 is 0. The lowest BCUT2D eigenvalue weighted by molar-refractivity contribution is -0.134. The Morgan fingerprint density at radius 2 is 2.09 bits per heavy atom. The standard InChI is InChI=1S/C10H18O/c1-4-5-9(11)10(3)6-8(2)7-10/h8H,4-7H2,1-3H3. The van der Waals surface area contributed by atoms with Crippen LogP contribution in [0.15, 0.2) is 0 Å². The molecule has 11 heavy (non-hydrogen) atoms. The number of carbonyl (C=O) groups excluding carboxylic acids is 1. The van der Waals surface area contributed by atoms with Crippen molar-refractivity contribution in [2.45, 2.75) is 46.5 Å². The minimum Gasteiger partial charge on any atom is -0.299 e.